The molecule has 1 aromatic carbocycles. The van der Waals surface area contributed by atoms with Gasteiger partial charge >= 0.3 is 11.9 Å². The van der Waals surface area contributed by atoms with Crippen molar-refractivity contribution in [1.29, 1.82) is 0 Å². The fraction of sp³-hybridized carbons (Fsp3) is 0. The van der Waals surface area contributed by atoms with Gasteiger partial charge in [-0.15, -0.1) is 0 Å². The molecule has 9 nitrogen and oxygen atoms in total. The highest BCUT2D eigenvalue weighted by atomic mass is 35.5. The van der Waals surface area contributed by atoms with Crippen molar-refractivity contribution < 1.29 is 23.7 Å². The molecule has 0 radical (unpaired) electrons. The molecule has 3 rings (SSSR count). The van der Waals surface area contributed by atoms with Gasteiger partial charge in [0.2, 0.25) is 0 Å². The van der Waals surface area contributed by atoms with Gasteiger partial charge in [-0.2, -0.15) is 0 Å². The lowest BCUT2D eigenvalue weighted by Crippen LogP contribution is -2.54. The van der Waals surface area contributed by atoms with E-state index < -0.39 is 34.2 Å². The van der Waals surface area contributed by atoms with Gasteiger partial charge in [0.15, 0.2) is 0 Å². The summed E-state index contributed by atoms with van der Waals surface area (Å²) in [5.41, 5.74) is -0.200. The number of barbiturate groups is 1. The van der Waals surface area contributed by atoms with Crippen molar-refractivity contribution in [3.63, 3.8) is 0 Å². The number of nitrogens with one attached hydrogen (secondary N) is 1. The molecule has 0 atom stereocenters. The van der Waals surface area contributed by atoms with E-state index in [1.807, 2.05) is 5.32 Å². The number of nitro groups is 1. The Kier molecular flexibility index (Phi) is 4.07. The number of urea groups is 1. The maximum atomic E-state index is 12.5. The average Bonchev–Trinajstić information content (AvgIpc) is 3.02. The summed E-state index contributed by atoms with van der Waals surface area (Å²) in [6.07, 6.45) is 1.03. The van der Waals surface area contributed by atoms with Gasteiger partial charge in [0.25, 0.3) is 11.8 Å². The summed E-state index contributed by atoms with van der Waals surface area (Å²) in [5.74, 6) is -2.44. The Balaban J connectivity index is 1.98. The summed E-state index contributed by atoms with van der Waals surface area (Å²) < 4.78 is 4.90. The summed E-state index contributed by atoms with van der Waals surface area (Å²) in [5, 5.41) is 13.1. The van der Waals surface area contributed by atoms with E-state index in [0.717, 1.165) is 17.0 Å². The second-order valence-electron chi connectivity index (χ2n) is 4.87. The third-order valence-corrected chi connectivity index (χ3v) is 3.52. The predicted molar refractivity (Wildman–Crippen MR) is 85.8 cm³/mol. The number of hydrogen-bond acceptors (Lipinski definition) is 6. The van der Waals surface area contributed by atoms with E-state index in [9.17, 15) is 24.5 Å². The molecule has 0 aliphatic carbocycles. The highest BCUT2D eigenvalue weighted by molar-refractivity contribution is 6.39. The van der Waals surface area contributed by atoms with Crippen molar-refractivity contribution in [1.82, 2.24) is 5.32 Å². The third-order valence-electron chi connectivity index (χ3n) is 3.27. The van der Waals surface area contributed by atoms with Crippen LogP contribution in [0.4, 0.5) is 16.4 Å². The smallest absolute Gasteiger partial charge is 0.401 e. The topological polar surface area (TPSA) is 123 Å². The Morgan fingerprint density at radius 1 is 1.12 bits per heavy atom. The molecule has 1 aromatic heterocycles. The molecule has 2 heterocycles. The number of furan rings is 1. The van der Waals surface area contributed by atoms with E-state index in [1.54, 1.807) is 0 Å². The van der Waals surface area contributed by atoms with Gasteiger partial charge in [-0.1, -0.05) is 11.6 Å². The first-order valence-electron chi connectivity index (χ1n) is 6.78. The van der Waals surface area contributed by atoms with E-state index in [-0.39, 0.29) is 11.4 Å². The maximum Gasteiger partial charge on any atom is 0.433 e. The SMILES string of the molecule is O=C1NC(=O)N(c2ccc(Cl)cc2)C(=O)C1=Cc1ccc([N+](=O)[O-])o1. The van der Waals surface area contributed by atoms with Gasteiger partial charge in [-0.3, -0.25) is 25.0 Å². The minimum Gasteiger partial charge on any atom is -0.401 e. The van der Waals surface area contributed by atoms with Crippen LogP contribution in [0.2, 0.25) is 5.02 Å². The predicted octanol–water partition coefficient (Wildman–Crippen LogP) is 2.51. The number of carbonyl (C=O) groups excluding carboxylic acids is 3. The van der Waals surface area contributed by atoms with Crippen molar-refractivity contribution in [2.45, 2.75) is 0 Å². The summed E-state index contributed by atoms with van der Waals surface area (Å²) in [6, 6.07) is 7.23. The third kappa shape index (κ3) is 3.12. The van der Waals surface area contributed by atoms with Gasteiger partial charge < -0.3 is 4.42 Å². The minimum absolute atomic E-state index is 0.0735. The van der Waals surface area contributed by atoms with Gasteiger partial charge in [0.05, 0.1) is 11.8 Å². The van der Waals surface area contributed by atoms with E-state index in [0.29, 0.717) is 5.02 Å². The van der Waals surface area contributed by atoms with E-state index in [2.05, 4.69) is 0 Å². The molecule has 0 spiro atoms. The summed E-state index contributed by atoms with van der Waals surface area (Å²) in [4.78, 5) is 47.1. The van der Waals surface area contributed by atoms with Gasteiger partial charge in [-0.25, -0.2) is 9.69 Å². The zero-order valence-corrected chi connectivity index (χ0v) is 13.0. The molecule has 4 amide bonds. The number of imide groups is 2. The maximum absolute atomic E-state index is 12.5. The molecule has 0 saturated carbocycles. The Labute approximate surface area is 144 Å². The molecule has 1 saturated heterocycles. The van der Waals surface area contributed by atoms with Gasteiger partial charge in [0.1, 0.15) is 16.3 Å². The lowest BCUT2D eigenvalue weighted by Gasteiger charge is -2.26. The zero-order valence-electron chi connectivity index (χ0n) is 12.3. The van der Waals surface area contributed by atoms with Gasteiger partial charge in [0, 0.05) is 5.02 Å². The summed E-state index contributed by atoms with van der Waals surface area (Å²) in [6.45, 7) is 0. The summed E-state index contributed by atoms with van der Waals surface area (Å²) >= 11 is 5.77. The molecule has 1 aliphatic heterocycles. The first-order valence-corrected chi connectivity index (χ1v) is 7.16. The molecule has 25 heavy (non-hydrogen) atoms. The Morgan fingerprint density at radius 3 is 2.40 bits per heavy atom. The Morgan fingerprint density at radius 2 is 1.80 bits per heavy atom. The van der Waals surface area contributed by atoms with Crippen molar-refractivity contribution in [2.75, 3.05) is 4.90 Å². The van der Waals surface area contributed by atoms with Crippen LogP contribution in [0.15, 0.2) is 46.4 Å². The molecule has 126 valence electrons. The summed E-state index contributed by atoms with van der Waals surface area (Å²) in [7, 11) is 0. The van der Waals surface area contributed by atoms with Crippen LogP contribution in [0, 0.1) is 10.1 Å². The molecule has 0 unspecified atom stereocenters. The zero-order chi connectivity index (χ0) is 18.1. The Hall–Kier alpha value is -3.46. The monoisotopic (exact) mass is 361 g/mol. The number of anilines is 1. The van der Waals surface area contributed by atoms with E-state index >= 15 is 0 Å². The lowest BCUT2D eigenvalue weighted by molar-refractivity contribution is -0.402. The highest BCUT2D eigenvalue weighted by Gasteiger charge is 2.37. The fourth-order valence-corrected chi connectivity index (χ4v) is 2.27. The van der Waals surface area contributed by atoms with Crippen LogP contribution in [0.25, 0.3) is 6.08 Å². The van der Waals surface area contributed by atoms with E-state index in [1.165, 1.54) is 30.3 Å². The number of halogens is 1. The molecule has 1 aliphatic rings. The first-order chi connectivity index (χ1) is 11.9. The number of rotatable bonds is 3. The largest absolute Gasteiger partial charge is 0.433 e. The molecule has 1 N–H and O–H groups in total. The number of carbonyl (C=O) groups is 3. The van der Waals surface area contributed by atoms with Crippen LogP contribution in [-0.2, 0) is 9.59 Å². The van der Waals surface area contributed by atoms with Crippen molar-refractivity contribution in [3.05, 3.63) is 62.9 Å². The minimum atomic E-state index is -0.931. The number of amides is 4. The first kappa shape index (κ1) is 16.4. The second kappa shape index (κ2) is 6.21. The molecule has 2 aromatic rings. The average molecular weight is 362 g/mol. The molecular weight excluding hydrogens is 354 g/mol. The quantitative estimate of drug-likeness (QED) is 0.388. The second-order valence-corrected chi connectivity index (χ2v) is 5.30. The lowest BCUT2D eigenvalue weighted by atomic mass is 10.1. The van der Waals surface area contributed by atoms with Crippen LogP contribution in [0.3, 0.4) is 0 Å². The van der Waals surface area contributed by atoms with Crippen molar-refractivity contribution in [2.24, 2.45) is 0 Å². The van der Waals surface area contributed by atoms with Crippen LogP contribution >= 0.6 is 11.6 Å². The number of hydrogen-bond donors (Lipinski definition) is 1. The standard InChI is InChI=1S/C15H8ClN3O6/c16-8-1-3-9(4-2-8)18-14(21)11(13(20)17-15(18)22)7-10-5-6-12(25-10)19(23)24/h1-7H,(H,17,20,22). The Bertz CT molecular complexity index is 931. The normalized spacial score (nSPS) is 16.3. The van der Waals surface area contributed by atoms with Gasteiger partial charge in [-0.05, 0) is 36.4 Å². The van der Waals surface area contributed by atoms with Crippen LogP contribution in [-0.4, -0.2) is 22.8 Å². The number of nitrogens with zero attached hydrogens (tertiary/aromatic N) is 2. The van der Waals surface area contributed by atoms with Crippen LogP contribution in [0.5, 0.6) is 0 Å². The molecule has 10 heteroatoms. The molecule has 0 bridgehead atoms. The highest BCUT2D eigenvalue weighted by Crippen LogP contribution is 2.24. The van der Waals surface area contributed by atoms with E-state index in [4.69, 9.17) is 16.0 Å². The van der Waals surface area contributed by atoms with Crippen LogP contribution in [0.1, 0.15) is 5.76 Å². The molecular formula is C15H8ClN3O6. The number of benzene rings is 1. The fourth-order valence-electron chi connectivity index (χ4n) is 2.14. The molecule has 1 fully saturated rings. The van der Waals surface area contributed by atoms with Crippen molar-refractivity contribution >= 4 is 47.1 Å². The van der Waals surface area contributed by atoms with Crippen LogP contribution < -0.4 is 10.2 Å². The van der Waals surface area contributed by atoms with Crippen molar-refractivity contribution in [3.8, 4) is 0 Å².